The highest BCUT2D eigenvalue weighted by atomic mass is 19.1. The molecule has 104 valence electrons. The highest BCUT2D eigenvalue weighted by Gasteiger charge is 2.10. The van der Waals surface area contributed by atoms with Crippen LogP contribution in [0.4, 0.5) is 4.39 Å². The second kappa shape index (κ2) is 7.53. The number of rotatable bonds is 7. The first kappa shape index (κ1) is 15.2. The second-order valence-corrected chi connectivity index (χ2v) is 4.08. The summed E-state index contributed by atoms with van der Waals surface area (Å²) >= 11 is 0. The maximum absolute atomic E-state index is 13.8. The fourth-order valence-corrected chi connectivity index (χ4v) is 1.49. The minimum Gasteiger partial charge on any atom is -0.484 e. The number of halogens is 1. The standard InChI is InChI=1S/C14H19FN2O2/c1-4-7-17-14(18)9-19-11-5-6-12(10(2)16-3)13(15)8-11/h4-6,8,10,16H,1,7,9H2,2-3H3,(H,17,18). The van der Waals surface area contributed by atoms with Crippen LogP contribution in [0.5, 0.6) is 5.75 Å². The lowest BCUT2D eigenvalue weighted by Crippen LogP contribution is -2.28. The van der Waals surface area contributed by atoms with Gasteiger partial charge >= 0.3 is 0 Å². The maximum Gasteiger partial charge on any atom is 0.258 e. The molecule has 1 rings (SSSR count). The van der Waals surface area contributed by atoms with Gasteiger partial charge < -0.3 is 15.4 Å². The van der Waals surface area contributed by atoms with Gasteiger partial charge in [-0.2, -0.15) is 0 Å². The average Bonchev–Trinajstić information content (AvgIpc) is 2.42. The van der Waals surface area contributed by atoms with Gasteiger partial charge in [0.15, 0.2) is 6.61 Å². The summed E-state index contributed by atoms with van der Waals surface area (Å²) in [6.45, 7) is 5.59. The van der Waals surface area contributed by atoms with E-state index in [0.717, 1.165) is 0 Å². The van der Waals surface area contributed by atoms with Gasteiger partial charge in [-0.05, 0) is 20.0 Å². The van der Waals surface area contributed by atoms with Crippen LogP contribution in [0.3, 0.4) is 0 Å². The van der Waals surface area contributed by atoms with Crippen molar-refractivity contribution in [1.82, 2.24) is 10.6 Å². The largest absolute Gasteiger partial charge is 0.484 e. The lowest BCUT2D eigenvalue weighted by molar-refractivity contribution is -0.122. The van der Waals surface area contributed by atoms with Crippen LogP contribution in [0, 0.1) is 5.82 Å². The lowest BCUT2D eigenvalue weighted by Gasteiger charge is -2.13. The zero-order valence-electron chi connectivity index (χ0n) is 11.2. The SMILES string of the molecule is C=CCNC(=O)COc1ccc(C(C)NC)c(F)c1. The molecule has 1 unspecified atom stereocenters. The van der Waals surface area contributed by atoms with Crippen LogP contribution in [0.15, 0.2) is 30.9 Å². The molecule has 0 bridgehead atoms. The molecule has 0 radical (unpaired) electrons. The van der Waals surface area contributed by atoms with Crippen molar-refractivity contribution in [2.24, 2.45) is 0 Å². The Morgan fingerprint density at radius 2 is 2.32 bits per heavy atom. The van der Waals surface area contributed by atoms with E-state index in [1.54, 1.807) is 25.3 Å². The zero-order chi connectivity index (χ0) is 14.3. The number of hydrogen-bond donors (Lipinski definition) is 2. The van der Waals surface area contributed by atoms with E-state index in [0.29, 0.717) is 17.9 Å². The third kappa shape index (κ3) is 4.71. The van der Waals surface area contributed by atoms with Crippen LogP contribution in [0.25, 0.3) is 0 Å². The van der Waals surface area contributed by atoms with Crippen LogP contribution in [0.1, 0.15) is 18.5 Å². The molecule has 0 heterocycles. The van der Waals surface area contributed by atoms with Crippen molar-refractivity contribution in [3.8, 4) is 5.75 Å². The van der Waals surface area contributed by atoms with E-state index in [1.165, 1.54) is 6.07 Å². The van der Waals surface area contributed by atoms with Crippen LogP contribution < -0.4 is 15.4 Å². The van der Waals surface area contributed by atoms with Crippen molar-refractivity contribution in [3.63, 3.8) is 0 Å². The van der Waals surface area contributed by atoms with E-state index in [-0.39, 0.29) is 24.4 Å². The molecule has 0 saturated heterocycles. The van der Waals surface area contributed by atoms with E-state index in [1.807, 2.05) is 6.92 Å². The number of amides is 1. The summed E-state index contributed by atoms with van der Waals surface area (Å²) in [5, 5.41) is 5.53. The van der Waals surface area contributed by atoms with E-state index < -0.39 is 0 Å². The van der Waals surface area contributed by atoms with Crippen LogP contribution in [-0.4, -0.2) is 26.1 Å². The number of carbonyl (C=O) groups is 1. The van der Waals surface area contributed by atoms with Gasteiger partial charge in [0, 0.05) is 24.2 Å². The molecule has 4 nitrogen and oxygen atoms in total. The summed E-state index contributed by atoms with van der Waals surface area (Å²) in [7, 11) is 1.76. The number of benzene rings is 1. The van der Waals surface area contributed by atoms with Crippen molar-refractivity contribution in [1.29, 1.82) is 0 Å². The Balaban J connectivity index is 2.59. The quantitative estimate of drug-likeness (QED) is 0.740. The molecule has 1 amide bonds. The third-order valence-corrected chi connectivity index (χ3v) is 2.68. The number of hydrogen-bond acceptors (Lipinski definition) is 3. The molecule has 0 fully saturated rings. The molecule has 19 heavy (non-hydrogen) atoms. The van der Waals surface area contributed by atoms with Crippen LogP contribution in [0.2, 0.25) is 0 Å². The average molecular weight is 266 g/mol. The first-order valence-corrected chi connectivity index (χ1v) is 6.05. The van der Waals surface area contributed by atoms with Crippen molar-refractivity contribution in [3.05, 3.63) is 42.2 Å². The lowest BCUT2D eigenvalue weighted by atomic mass is 10.1. The van der Waals surface area contributed by atoms with Gasteiger partial charge in [0.25, 0.3) is 5.91 Å². The second-order valence-electron chi connectivity index (χ2n) is 4.08. The molecule has 0 aromatic heterocycles. The fourth-order valence-electron chi connectivity index (χ4n) is 1.49. The molecule has 0 aliphatic heterocycles. The number of carbonyl (C=O) groups excluding carboxylic acids is 1. The minimum absolute atomic E-state index is 0.0788. The van der Waals surface area contributed by atoms with Gasteiger partial charge in [0.05, 0.1) is 0 Å². The smallest absolute Gasteiger partial charge is 0.258 e. The minimum atomic E-state index is -0.356. The van der Waals surface area contributed by atoms with Gasteiger partial charge in [-0.3, -0.25) is 4.79 Å². The van der Waals surface area contributed by atoms with Gasteiger partial charge in [-0.25, -0.2) is 4.39 Å². The van der Waals surface area contributed by atoms with Crippen molar-refractivity contribution in [2.45, 2.75) is 13.0 Å². The summed E-state index contributed by atoms with van der Waals surface area (Å²) in [6, 6.07) is 4.50. The Hall–Kier alpha value is -1.88. The molecular formula is C14H19FN2O2. The highest BCUT2D eigenvalue weighted by Crippen LogP contribution is 2.21. The molecule has 5 heteroatoms. The molecule has 1 aromatic rings. The van der Waals surface area contributed by atoms with E-state index in [9.17, 15) is 9.18 Å². The van der Waals surface area contributed by atoms with Crippen molar-refractivity contribution < 1.29 is 13.9 Å². The van der Waals surface area contributed by atoms with Crippen LogP contribution in [-0.2, 0) is 4.79 Å². The van der Waals surface area contributed by atoms with Gasteiger partial charge in [0.2, 0.25) is 0 Å². The summed E-state index contributed by atoms with van der Waals surface area (Å²) in [6.07, 6.45) is 1.57. The monoisotopic (exact) mass is 266 g/mol. The predicted octanol–water partition coefficient (Wildman–Crippen LogP) is 1.79. The number of ether oxygens (including phenoxy) is 1. The van der Waals surface area contributed by atoms with E-state index in [4.69, 9.17) is 4.74 Å². The topological polar surface area (TPSA) is 50.4 Å². The van der Waals surface area contributed by atoms with E-state index in [2.05, 4.69) is 17.2 Å². The Labute approximate surface area is 112 Å². The number of nitrogens with one attached hydrogen (secondary N) is 2. The summed E-state index contributed by atoms with van der Waals surface area (Å²) in [5.41, 5.74) is 0.561. The molecule has 0 aliphatic rings. The molecule has 2 N–H and O–H groups in total. The Kier molecular flexibility index (Phi) is 6.02. The molecule has 1 atom stereocenters. The van der Waals surface area contributed by atoms with Gasteiger partial charge in [-0.15, -0.1) is 6.58 Å². The predicted molar refractivity (Wildman–Crippen MR) is 72.6 cm³/mol. The highest BCUT2D eigenvalue weighted by molar-refractivity contribution is 5.77. The zero-order valence-corrected chi connectivity index (χ0v) is 11.2. The summed E-state index contributed by atoms with van der Waals surface area (Å²) in [5.74, 6) is -0.294. The van der Waals surface area contributed by atoms with Crippen LogP contribution >= 0.6 is 0 Å². The molecular weight excluding hydrogens is 247 g/mol. The fraction of sp³-hybridized carbons (Fsp3) is 0.357. The first-order valence-electron chi connectivity index (χ1n) is 6.05. The Bertz CT molecular complexity index is 449. The molecule has 0 spiro atoms. The van der Waals surface area contributed by atoms with Gasteiger partial charge in [-0.1, -0.05) is 12.1 Å². The summed E-state index contributed by atoms with van der Waals surface area (Å²) in [4.78, 5) is 11.3. The van der Waals surface area contributed by atoms with Crippen molar-refractivity contribution >= 4 is 5.91 Å². The summed E-state index contributed by atoms with van der Waals surface area (Å²) < 4.78 is 19.0. The Morgan fingerprint density at radius 3 is 2.89 bits per heavy atom. The van der Waals surface area contributed by atoms with E-state index >= 15 is 0 Å². The molecule has 0 saturated carbocycles. The molecule has 0 aliphatic carbocycles. The maximum atomic E-state index is 13.8. The Morgan fingerprint density at radius 1 is 1.58 bits per heavy atom. The third-order valence-electron chi connectivity index (χ3n) is 2.68. The van der Waals surface area contributed by atoms with Crippen molar-refractivity contribution in [2.75, 3.05) is 20.2 Å². The normalized spacial score (nSPS) is 11.7. The van der Waals surface area contributed by atoms with Gasteiger partial charge in [0.1, 0.15) is 11.6 Å². The molecule has 1 aromatic carbocycles. The first-order chi connectivity index (χ1) is 9.08.